The average molecular weight is 308 g/mol. The van der Waals surface area contributed by atoms with E-state index in [2.05, 4.69) is 15.9 Å². The molecule has 18 heavy (non-hydrogen) atoms. The molecule has 0 fully saturated rings. The summed E-state index contributed by atoms with van der Waals surface area (Å²) in [6, 6.07) is 9.54. The Hall–Kier alpha value is -1.55. The van der Waals surface area contributed by atoms with Crippen LogP contribution in [0.2, 0.25) is 0 Å². The van der Waals surface area contributed by atoms with Crippen molar-refractivity contribution in [2.24, 2.45) is 0 Å². The summed E-state index contributed by atoms with van der Waals surface area (Å²) in [4.78, 5) is 13.1. The molecule has 3 nitrogen and oxygen atoms in total. The molecular weight excluding hydrogens is 294 g/mol. The largest absolute Gasteiger partial charge is 0.464 e. The Labute approximate surface area is 115 Å². The van der Waals surface area contributed by atoms with Gasteiger partial charge in [-0.25, -0.2) is 0 Å². The SMILES string of the molecule is Cc1ccc(CN(C)c2ccc(Br)cc2C=O)o1. The molecule has 0 aliphatic heterocycles. The van der Waals surface area contributed by atoms with E-state index in [0.717, 1.165) is 28.0 Å². The second kappa shape index (κ2) is 5.40. The van der Waals surface area contributed by atoms with Crippen LogP contribution in [0.5, 0.6) is 0 Å². The summed E-state index contributed by atoms with van der Waals surface area (Å²) in [7, 11) is 1.94. The first kappa shape index (κ1) is 12.9. The fourth-order valence-corrected chi connectivity index (χ4v) is 2.24. The summed E-state index contributed by atoms with van der Waals surface area (Å²) in [5.41, 5.74) is 1.55. The maximum atomic E-state index is 11.1. The summed E-state index contributed by atoms with van der Waals surface area (Å²) in [5.74, 6) is 1.78. The third-order valence-electron chi connectivity index (χ3n) is 2.72. The number of carbonyl (C=O) groups excluding carboxylic acids is 1. The highest BCUT2D eigenvalue weighted by Crippen LogP contribution is 2.24. The van der Waals surface area contributed by atoms with Gasteiger partial charge in [0.15, 0.2) is 6.29 Å². The van der Waals surface area contributed by atoms with Gasteiger partial charge in [0, 0.05) is 22.8 Å². The van der Waals surface area contributed by atoms with Crippen LogP contribution >= 0.6 is 15.9 Å². The number of hydrogen-bond donors (Lipinski definition) is 0. The van der Waals surface area contributed by atoms with E-state index in [9.17, 15) is 4.79 Å². The summed E-state index contributed by atoms with van der Waals surface area (Å²) in [6.07, 6.45) is 0.865. The fraction of sp³-hybridized carbons (Fsp3) is 0.214. The standard InChI is InChI=1S/C14H14BrNO2/c1-10-3-5-13(18-10)8-16(2)14-6-4-12(15)7-11(14)9-17/h3-7,9H,8H2,1-2H3. The minimum Gasteiger partial charge on any atom is -0.464 e. The number of nitrogens with zero attached hydrogens (tertiary/aromatic N) is 1. The minimum absolute atomic E-state index is 0.635. The van der Waals surface area contributed by atoms with Gasteiger partial charge < -0.3 is 9.32 Å². The third-order valence-corrected chi connectivity index (χ3v) is 3.21. The monoisotopic (exact) mass is 307 g/mol. The molecule has 94 valence electrons. The molecule has 0 N–H and O–H groups in total. The summed E-state index contributed by atoms with van der Waals surface area (Å²) in [6.45, 7) is 2.55. The van der Waals surface area contributed by atoms with Gasteiger partial charge in [-0.2, -0.15) is 0 Å². The van der Waals surface area contributed by atoms with Crippen molar-refractivity contribution in [2.45, 2.75) is 13.5 Å². The quantitative estimate of drug-likeness (QED) is 0.806. The maximum Gasteiger partial charge on any atom is 0.152 e. The Morgan fingerprint density at radius 3 is 2.72 bits per heavy atom. The van der Waals surface area contributed by atoms with Crippen LogP contribution in [0, 0.1) is 6.92 Å². The lowest BCUT2D eigenvalue weighted by molar-refractivity contribution is 0.112. The third kappa shape index (κ3) is 2.82. The predicted molar refractivity (Wildman–Crippen MR) is 75.1 cm³/mol. The van der Waals surface area contributed by atoms with Crippen LogP contribution in [-0.2, 0) is 6.54 Å². The molecule has 0 aliphatic carbocycles. The molecule has 1 aromatic carbocycles. The lowest BCUT2D eigenvalue weighted by Gasteiger charge is -2.19. The predicted octanol–water partition coefficient (Wildman–Crippen LogP) is 3.80. The van der Waals surface area contributed by atoms with Gasteiger partial charge in [-0.3, -0.25) is 4.79 Å². The number of furan rings is 1. The molecule has 0 unspecified atom stereocenters. The van der Waals surface area contributed by atoms with E-state index in [1.165, 1.54) is 0 Å². The molecule has 0 aliphatic rings. The smallest absolute Gasteiger partial charge is 0.152 e. The number of halogens is 1. The van der Waals surface area contributed by atoms with Gasteiger partial charge in [-0.05, 0) is 37.3 Å². The molecule has 0 radical (unpaired) electrons. The molecule has 4 heteroatoms. The van der Waals surface area contributed by atoms with E-state index in [1.807, 2.05) is 49.2 Å². The molecule has 0 amide bonds. The number of hydrogen-bond acceptors (Lipinski definition) is 3. The highest BCUT2D eigenvalue weighted by atomic mass is 79.9. The Balaban J connectivity index is 2.23. The first-order chi connectivity index (χ1) is 8.60. The topological polar surface area (TPSA) is 33.5 Å². The maximum absolute atomic E-state index is 11.1. The van der Waals surface area contributed by atoms with Gasteiger partial charge in [0.25, 0.3) is 0 Å². The zero-order chi connectivity index (χ0) is 13.1. The molecule has 0 saturated carbocycles. The van der Waals surface area contributed by atoms with Crippen LogP contribution in [0.15, 0.2) is 39.2 Å². The Morgan fingerprint density at radius 2 is 2.11 bits per heavy atom. The number of aryl methyl sites for hydroxylation is 1. The zero-order valence-corrected chi connectivity index (χ0v) is 11.9. The molecule has 2 aromatic rings. The Kier molecular flexibility index (Phi) is 3.87. The van der Waals surface area contributed by atoms with Crippen molar-refractivity contribution in [1.29, 1.82) is 0 Å². The molecular formula is C14H14BrNO2. The summed E-state index contributed by atoms with van der Waals surface area (Å²) >= 11 is 3.36. The molecule has 1 aromatic heterocycles. The number of carbonyl (C=O) groups is 1. The van der Waals surface area contributed by atoms with E-state index in [4.69, 9.17) is 4.42 Å². The van der Waals surface area contributed by atoms with Crippen LogP contribution in [0.25, 0.3) is 0 Å². The van der Waals surface area contributed by atoms with E-state index >= 15 is 0 Å². The summed E-state index contributed by atoms with van der Waals surface area (Å²) < 4.78 is 6.43. The molecule has 2 rings (SSSR count). The van der Waals surface area contributed by atoms with Gasteiger partial charge in [-0.15, -0.1) is 0 Å². The van der Waals surface area contributed by atoms with Gasteiger partial charge in [0.05, 0.1) is 6.54 Å². The van der Waals surface area contributed by atoms with Crippen molar-refractivity contribution in [2.75, 3.05) is 11.9 Å². The van der Waals surface area contributed by atoms with Crippen molar-refractivity contribution < 1.29 is 9.21 Å². The highest BCUT2D eigenvalue weighted by molar-refractivity contribution is 9.10. The van der Waals surface area contributed by atoms with E-state index in [-0.39, 0.29) is 0 Å². The highest BCUT2D eigenvalue weighted by Gasteiger charge is 2.09. The zero-order valence-electron chi connectivity index (χ0n) is 10.3. The van der Waals surface area contributed by atoms with Crippen LogP contribution in [0.4, 0.5) is 5.69 Å². The first-order valence-electron chi connectivity index (χ1n) is 5.61. The van der Waals surface area contributed by atoms with E-state index in [1.54, 1.807) is 0 Å². The van der Waals surface area contributed by atoms with Gasteiger partial charge >= 0.3 is 0 Å². The molecule has 0 saturated heterocycles. The Morgan fingerprint density at radius 1 is 1.33 bits per heavy atom. The Bertz CT molecular complexity index is 563. The van der Waals surface area contributed by atoms with Crippen LogP contribution in [-0.4, -0.2) is 13.3 Å². The van der Waals surface area contributed by atoms with Crippen molar-refractivity contribution in [3.63, 3.8) is 0 Å². The minimum atomic E-state index is 0.635. The van der Waals surface area contributed by atoms with Crippen LogP contribution in [0.3, 0.4) is 0 Å². The van der Waals surface area contributed by atoms with E-state index in [0.29, 0.717) is 12.1 Å². The van der Waals surface area contributed by atoms with Gasteiger partial charge in [-0.1, -0.05) is 15.9 Å². The number of anilines is 1. The number of benzene rings is 1. The normalized spacial score (nSPS) is 10.4. The van der Waals surface area contributed by atoms with Gasteiger partial charge in [0.2, 0.25) is 0 Å². The first-order valence-corrected chi connectivity index (χ1v) is 6.40. The molecule has 0 spiro atoms. The lowest BCUT2D eigenvalue weighted by atomic mass is 10.2. The molecule has 0 bridgehead atoms. The van der Waals surface area contributed by atoms with Crippen molar-refractivity contribution in [3.05, 3.63) is 51.9 Å². The summed E-state index contributed by atoms with van der Waals surface area (Å²) in [5, 5.41) is 0. The second-order valence-corrected chi connectivity index (χ2v) is 5.11. The van der Waals surface area contributed by atoms with E-state index < -0.39 is 0 Å². The number of aldehydes is 1. The lowest BCUT2D eigenvalue weighted by Crippen LogP contribution is -2.17. The second-order valence-electron chi connectivity index (χ2n) is 4.19. The van der Waals surface area contributed by atoms with Crippen LogP contribution in [0.1, 0.15) is 21.9 Å². The fourth-order valence-electron chi connectivity index (χ4n) is 1.86. The number of rotatable bonds is 4. The van der Waals surface area contributed by atoms with Gasteiger partial charge in [0.1, 0.15) is 11.5 Å². The van der Waals surface area contributed by atoms with Crippen LogP contribution < -0.4 is 4.90 Å². The van der Waals surface area contributed by atoms with Crippen molar-refractivity contribution in [3.8, 4) is 0 Å². The average Bonchev–Trinajstić information content (AvgIpc) is 2.74. The van der Waals surface area contributed by atoms with Crippen molar-refractivity contribution in [1.82, 2.24) is 0 Å². The molecule has 1 heterocycles. The molecule has 0 atom stereocenters. The van der Waals surface area contributed by atoms with Crippen molar-refractivity contribution >= 4 is 27.9 Å².